The summed E-state index contributed by atoms with van der Waals surface area (Å²) in [6, 6.07) is -0.689. The van der Waals surface area contributed by atoms with Crippen molar-refractivity contribution in [2.24, 2.45) is 0 Å². The second-order valence-electron chi connectivity index (χ2n) is 8.20. The molecule has 0 bridgehead atoms. The van der Waals surface area contributed by atoms with Gasteiger partial charge in [0.15, 0.2) is 23.5 Å². The van der Waals surface area contributed by atoms with Crippen molar-refractivity contribution in [1.29, 1.82) is 0 Å². The smallest absolute Gasteiger partial charge is 0.230 e. The van der Waals surface area contributed by atoms with Gasteiger partial charge in [0, 0.05) is 13.2 Å². The lowest BCUT2D eigenvalue weighted by atomic mass is 9.85. The van der Waals surface area contributed by atoms with E-state index < -0.39 is 54.0 Å². The van der Waals surface area contributed by atoms with Gasteiger partial charge in [0.2, 0.25) is 11.6 Å². The first kappa shape index (κ1) is 20.4. The van der Waals surface area contributed by atoms with Crippen LogP contribution in [0.15, 0.2) is 12.7 Å². The van der Waals surface area contributed by atoms with Crippen LogP contribution in [0.3, 0.4) is 0 Å². The molecule has 2 aromatic rings. The molecule has 3 aliphatic rings. The van der Waals surface area contributed by atoms with Gasteiger partial charge in [-0.1, -0.05) is 0 Å². The van der Waals surface area contributed by atoms with Crippen LogP contribution in [0.25, 0.3) is 11.2 Å². The van der Waals surface area contributed by atoms with Crippen LogP contribution in [-0.2, 0) is 28.5 Å². The number of ether oxygens (including phenoxy) is 4. The Morgan fingerprint density at radius 1 is 1.19 bits per heavy atom. The van der Waals surface area contributed by atoms with Crippen LogP contribution in [0.2, 0.25) is 0 Å². The number of rotatable bonds is 6. The average Bonchev–Trinajstić information content (AvgIpc) is 3.39. The SMILES string of the molecule is CCOC1C(=O)C(=O)C1NCC1OC(n2cnc3c(N)ncnc32)C2OC(C)(C)OC12. The molecule has 0 spiro atoms. The monoisotopic (exact) mass is 432 g/mol. The van der Waals surface area contributed by atoms with Crippen molar-refractivity contribution in [3.8, 4) is 0 Å². The first-order valence-electron chi connectivity index (χ1n) is 10.2. The number of hydrogen-bond donors (Lipinski definition) is 2. The summed E-state index contributed by atoms with van der Waals surface area (Å²) in [7, 11) is 0. The van der Waals surface area contributed by atoms with Gasteiger partial charge in [-0.2, -0.15) is 0 Å². The van der Waals surface area contributed by atoms with Gasteiger partial charge in [-0.3, -0.25) is 14.2 Å². The van der Waals surface area contributed by atoms with E-state index in [-0.39, 0.29) is 12.4 Å². The molecular formula is C19H24N6O6. The van der Waals surface area contributed by atoms with Crippen molar-refractivity contribution in [3.05, 3.63) is 12.7 Å². The van der Waals surface area contributed by atoms with Gasteiger partial charge in [-0.15, -0.1) is 0 Å². The van der Waals surface area contributed by atoms with E-state index in [9.17, 15) is 9.59 Å². The number of ketones is 2. The summed E-state index contributed by atoms with van der Waals surface area (Å²) in [6.07, 6.45) is 0.335. The quantitative estimate of drug-likeness (QED) is 0.559. The third-order valence-corrected chi connectivity index (χ3v) is 5.76. The molecule has 0 amide bonds. The van der Waals surface area contributed by atoms with E-state index in [0.717, 1.165) is 0 Å². The summed E-state index contributed by atoms with van der Waals surface area (Å²) in [5.74, 6) is -1.53. The predicted octanol–water partition coefficient (Wildman–Crippen LogP) is -0.659. The lowest BCUT2D eigenvalue weighted by Gasteiger charge is -2.34. The molecule has 0 aromatic carbocycles. The molecule has 31 heavy (non-hydrogen) atoms. The maximum atomic E-state index is 12.0. The summed E-state index contributed by atoms with van der Waals surface area (Å²) in [6.45, 7) is 6.06. The van der Waals surface area contributed by atoms with Crippen LogP contribution in [0.1, 0.15) is 27.0 Å². The number of imidazole rings is 1. The normalized spacial score (nSPS) is 34.3. The highest BCUT2D eigenvalue weighted by Crippen LogP contribution is 2.43. The highest BCUT2D eigenvalue weighted by Gasteiger charge is 2.57. The maximum Gasteiger partial charge on any atom is 0.230 e. The molecule has 12 nitrogen and oxygen atoms in total. The Bertz CT molecular complexity index is 1040. The van der Waals surface area contributed by atoms with E-state index >= 15 is 0 Å². The number of anilines is 1. The van der Waals surface area contributed by atoms with Crippen LogP contribution >= 0.6 is 0 Å². The fraction of sp³-hybridized carbons (Fsp3) is 0.632. The van der Waals surface area contributed by atoms with Gasteiger partial charge in [0.1, 0.15) is 42.3 Å². The molecule has 4 heterocycles. The number of Topliss-reactive ketones (excluding diaryl/α,β-unsaturated/α-hetero) is 2. The van der Waals surface area contributed by atoms with Crippen LogP contribution < -0.4 is 11.1 Å². The summed E-state index contributed by atoms with van der Waals surface area (Å²) in [5.41, 5.74) is 6.90. The topological polar surface area (TPSA) is 153 Å². The molecule has 6 atom stereocenters. The standard InChI is InChI=1S/C19H24N6O6/c1-4-28-14-9(11(26)12(14)27)21-5-8-13-15(31-19(2,3)30-13)18(29-8)25-7-24-10-16(20)22-6-23-17(10)25/h6-9,13-15,18,21H,4-5H2,1-3H3,(H2,20,22,23). The first-order valence-corrected chi connectivity index (χ1v) is 10.2. The Kier molecular flexibility index (Phi) is 4.79. The van der Waals surface area contributed by atoms with Crippen LogP contribution in [0.4, 0.5) is 5.82 Å². The van der Waals surface area contributed by atoms with E-state index in [2.05, 4.69) is 20.3 Å². The third kappa shape index (κ3) is 3.22. The molecule has 1 aliphatic carbocycles. The van der Waals surface area contributed by atoms with Crippen LogP contribution in [0.5, 0.6) is 0 Å². The van der Waals surface area contributed by atoms with Gasteiger partial charge in [0.25, 0.3) is 0 Å². The third-order valence-electron chi connectivity index (χ3n) is 5.76. The summed E-state index contributed by atoms with van der Waals surface area (Å²) >= 11 is 0. The number of nitrogens with one attached hydrogen (secondary N) is 1. The Labute approximate surface area is 177 Å². The van der Waals surface area contributed by atoms with Crippen LogP contribution in [-0.4, -0.2) is 80.5 Å². The van der Waals surface area contributed by atoms with E-state index in [0.29, 0.717) is 17.8 Å². The molecule has 2 saturated heterocycles. The minimum Gasteiger partial charge on any atom is -0.382 e. The number of nitrogens with two attached hydrogens (primary N) is 1. The van der Waals surface area contributed by atoms with Crippen molar-refractivity contribution in [2.75, 3.05) is 18.9 Å². The number of fused-ring (bicyclic) bond motifs is 2. The first-order chi connectivity index (χ1) is 14.8. The molecule has 12 heteroatoms. The number of carbonyl (C=O) groups is 2. The lowest BCUT2D eigenvalue weighted by molar-refractivity contribution is -0.196. The van der Waals surface area contributed by atoms with Crippen molar-refractivity contribution < 1.29 is 28.5 Å². The Hall–Kier alpha value is -2.51. The Morgan fingerprint density at radius 3 is 2.74 bits per heavy atom. The molecule has 2 aromatic heterocycles. The number of nitrogens with zero attached hydrogens (tertiary/aromatic N) is 4. The lowest BCUT2D eigenvalue weighted by Crippen LogP contribution is -2.66. The molecule has 166 valence electrons. The summed E-state index contributed by atoms with van der Waals surface area (Å²) in [5, 5.41) is 3.10. The number of hydrogen-bond acceptors (Lipinski definition) is 11. The Morgan fingerprint density at radius 2 is 1.97 bits per heavy atom. The average molecular weight is 432 g/mol. The number of aromatic nitrogens is 4. The number of nitrogen functional groups attached to an aromatic ring is 1. The zero-order valence-corrected chi connectivity index (χ0v) is 17.3. The van der Waals surface area contributed by atoms with Gasteiger partial charge >= 0.3 is 0 Å². The minimum atomic E-state index is -0.809. The zero-order chi connectivity index (χ0) is 21.9. The molecule has 2 aliphatic heterocycles. The van der Waals surface area contributed by atoms with Crippen molar-refractivity contribution in [2.45, 2.75) is 63.2 Å². The van der Waals surface area contributed by atoms with Crippen LogP contribution in [0, 0.1) is 0 Å². The van der Waals surface area contributed by atoms with Crippen molar-refractivity contribution in [3.63, 3.8) is 0 Å². The largest absolute Gasteiger partial charge is 0.382 e. The summed E-state index contributed by atoms with van der Waals surface area (Å²) < 4.78 is 25.6. The molecule has 3 N–H and O–H groups in total. The molecule has 5 rings (SSSR count). The second-order valence-corrected chi connectivity index (χ2v) is 8.20. The fourth-order valence-corrected chi connectivity index (χ4v) is 4.38. The van der Waals surface area contributed by atoms with Gasteiger partial charge in [-0.05, 0) is 20.8 Å². The molecule has 6 unspecified atom stereocenters. The fourth-order valence-electron chi connectivity index (χ4n) is 4.38. The Balaban J connectivity index is 1.38. The molecular weight excluding hydrogens is 408 g/mol. The van der Waals surface area contributed by atoms with Gasteiger partial charge in [0.05, 0.1) is 6.33 Å². The van der Waals surface area contributed by atoms with Crippen molar-refractivity contribution >= 4 is 28.5 Å². The molecule has 0 radical (unpaired) electrons. The number of carbonyl (C=O) groups excluding carboxylic acids is 2. The van der Waals surface area contributed by atoms with E-state index in [4.69, 9.17) is 24.7 Å². The highest BCUT2D eigenvalue weighted by atomic mass is 16.8. The van der Waals surface area contributed by atoms with E-state index in [1.807, 2.05) is 13.8 Å². The van der Waals surface area contributed by atoms with Gasteiger partial charge in [-0.25, -0.2) is 15.0 Å². The van der Waals surface area contributed by atoms with E-state index in [1.54, 1.807) is 17.8 Å². The second kappa shape index (κ2) is 7.28. The summed E-state index contributed by atoms with van der Waals surface area (Å²) in [4.78, 5) is 36.3. The molecule has 1 saturated carbocycles. The predicted molar refractivity (Wildman–Crippen MR) is 105 cm³/mol. The minimum absolute atomic E-state index is 0.272. The maximum absolute atomic E-state index is 12.0. The van der Waals surface area contributed by atoms with Crippen molar-refractivity contribution in [1.82, 2.24) is 24.8 Å². The molecule has 3 fully saturated rings. The van der Waals surface area contributed by atoms with E-state index in [1.165, 1.54) is 6.33 Å². The highest BCUT2D eigenvalue weighted by molar-refractivity contribution is 6.48. The van der Waals surface area contributed by atoms with Gasteiger partial charge < -0.3 is 30.0 Å². The zero-order valence-electron chi connectivity index (χ0n) is 17.3.